The molecule has 0 spiro atoms. The maximum Gasteiger partial charge on any atom is 0.141 e. The van der Waals surface area contributed by atoms with Gasteiger partial charge in [-0.05, 0) is 30.1 Å². The Morgan fingerprint density at radius 3 is 1.69 bits per heavy atom. The predicted octanol–water partition coefficient (Wildman–Crippen LogP) is 0.512. The molecule has 0 N–H and O–H groups in total. The zero-order valence-corrected chi connectivity index (χ0v) is 7.14. The molecule has 0 saturated heterocycles. The highest BCUT2D eigenvalue weighted by atomic mass is 16.1. The molecular weight excluding hydrogens is 164 g/mol. The molecule has 8 atom stereocenters. The van der Waals surface area contributed by atoms with Crippen molar-refractivity contribution in [3.05, 3.63) is 0 Å². The second-order valence-corrected chi connectivity index (χ2v) is 5.63. The van der Waals surface area contributed by atoms with Crippen LogP contribution in [0.5, 0.6) is 0 Å². The molecule has 2 unspecified atom stereocenters. The number of hydrogen-bond acceptors (Lipinski definition) is 2. The number of rotatable bonds is 0. The van der Waals surface area contributed by atoms with Gasteiger partial charge in [0.1, 0.15) is 11.6 Å². The summed E-state index contributed by atoms with van der Waals surface area (Å²) in [5.41, 5.74) is 0. The van der Waals surface area contributed by atoms with Gasteiger partial charge in [-0.25, -0.2) is 0 Å². The molecular formula is C11H10O2. The molecule has 13 heavy (non-hydrogen) atoms. The molecule has 2 nitrogen and oxygen atoms in total. The molecule has 2 heteroatoms. The van der Waals surface area contributed by atoms with Gasteiger partial charge in [-0.15, -0.1) is 0 Å². The van der Waals surface area contributed by atoms with E-state index in [2.05, 4.69) is 0 Å². The Kier molecular flexibility index (Phi) is 0.602. The standard InChI is InChI=1S/C11H10O2/c12-10-6-2-1-3-5-4(2)8(10)9(5)11(13)7(3)6/h2-9H,1H2/t2-,3+,4-,5+,6+,7-,8?,9?. The van der Waals surface area contributed by atoms with Crippen LogP contribution in [0.1, 0.15) is 6.42 Å². The van der Waals surface area contributed by atoms with Crippen molar-refractivity contribution in [2.24, 2.45) is 47.3 Å². The Bertz CT molecular complexity index is 346. The van der Waals surface area contributed by atoms with Crippen molar-refractivity contribution in [2.45, 2.75) is 6.42 Å². The van der Waals surface area contributed by atoms with Crippen molar-refractivity contribution in [3.8, 4) is 0 Å². The fraction of sp³-hybridized carbons (Fsp3) is 0.818. The highest BCUT2D eigenvalue weighted by Gasteiger charge is 2.84. The van der Waals surface area contributed by atoms with Crippen LogP contribution < -0.4 is 0 Å². The summed E-state index contributed by atoms with van der Waals surface area (Å²) in [6.07, 6.45) is 1.22. The Morgan fingerprint density at radius 1 is 0.769 bits per heavy atom. The fourth-order valence-electron chi connectivity index (χ4n) is 5.80. The van der Waals surface area contributed by atoms with E-state index in [0.29, 0.717) is 35.2 Å². The summed E-state index contributed by atoms with van der Waals surface area (Å²) in [5, 5.41) is 0. The third-order valence-electron chi connectivity index (χ3n) is 5.82. The SMILES string of the molecule is O=C1C2C3C(=O)[C@H]4[C@@H]5C[C@H]([C@@H]14)[C@H]2[C@H]35. The zero-order valence-electron chi connectivity index (χ0n) is 7.14. The normalized spacial score (nSPS) is 74.2. The molecule has 0 aromatic heterocycles. The average Bonchev–Trinajstić information content (AvgIpc) is 2.52. The van der Waals surface area contributed by atoms with Crippen LogP contribution in [0.4, 0.5) is 0 Å². The van der Waals surface area contributed by atoms with Crippen molar-refractivity contribution in [2.75, 3.05) is 0 Å². The second kappa shape index (κ2) is 1.32. The highest BCUT2D eigenvalue weighted by molar-refractivity contribution is 6.06. The van der Waals surface area contributed by atoms with E-state index < -0.39 is 0 Å². The number of hydrogen-bond donors (Lipinski definition) is 0. The third-order valence-corrected chi connectivity index (χ3v) is 5.82. The average molecular weight is 174 g/mol. The summed E-state index contributed by atoms with van der Waals surface area (Å²) in [7, 11) is 0. The van der Waals surface area contributed by atoms with Crippen LogP contribution in [0.3, 0.4) is 0 Å². The summed E-state index contributed by atoms with van der Waals surface area (Å²) in [6, 6.07) is 0. The molecule has 0 aliphatic heterocycles. The topological polar surface area (TPSA) is 34.1 Å². The highest BCUT2D eigenvalue weighted by Crippen LogP contribution is 2.80. The van der Waals surface area contributed by atoms with Gasteiger partial charge < -0.3 is 0 Å². The Morgan fingerprint density at radius 2 is 1.23 bits per heavy atom. The van der Waals surface area contributed by atoms with Gasteiger partial charge in [0.05, 0.1) is 0 Å². The van der Waals surface area contributed by atoms with Crippen molar-refractivity contribution in [1.82, 2.24) is 0 Å². The van der Waals surface area contributed by atoms with E-state index in [4.69, 9.17) is 0 Å². The van der Waals surface area contributed by atoms with Crippen LogP contribution in [0.15, 0.2) is 0 Å². The molecule has 5 saturated carbocycles. The molecule has 5 fully saturated rings. The Labute approximate surface area is 75.7 Å². The van der Waals surface area contributed by atoms with E-state index >= 15 is 0 Å². The summed E-state index contributed by atoms with van der Waals surface area (Å²) < 4.78 is 0. The van der Waals surface area contributed by atoms with E-state index in [0.717, 1.165) is 0 Å². The molecule has 5 aliphatic carbocycles. The maximum atomic E-state index is 11.9. The number of carbonyl (C=O) groups is 2. The Hall–Kier alpha value is -0.660. The third kappa shape index (κ3) is 0.323. The van der Waals surface area contributed by atoms with E-state index in [1.165, 1.54) is 6.42 Å². The molecule has 0 aromatic carbocycles. The lowest BCUT2D eigenvalue weighted by atomic mass is 9.59. The molecule has 0 radical (unpaired) electrons. The van der Waals surface area contributed by atoms with Crippen LogP contribution in [0.25, 0.3) is 0 Å². The number of carbonyl (C=O) groups excluding carboxylic acids is 2. The first-order valence-electron chi connectivity index (χ1n) is 5.38. The van der Waals surface area contributed by atoms with Crippen LogP contribution in [0, 0.1) is 47.3 Å². The molecule has 66 valence electrons. The molecule has 2 bridgehead atoms. The maximum absolute atomic E-state index is 11.9. The van der Waals surface area contributed by atoms with Crippen molar-refractivity contribution < 1.29 is 9.59 Å². The van der Waals surface area contributed by atoms with Crippen LogP contribution in [-0.2, 0) is 9.59 Å². The monoisotopic (exact) mass is 174 g/mol. The van der Waals surface area contributed by atoms with Crippen LogP contribution >= 0.6 is 0 Å². The zero-order chi connectivity index (χ0) is 8.48. The first kappa shape index (κ1) is 5.94. The largest absolute Gasteiger partial charge is 0.299 e. The second-order valence-electron chi connectivity index (χ2n) is 5.63. The van der Waals surface area contributed by atoms with Gasteiger partial charge in [-0.3, -0.25) is 9.59 Å². The number of Topliss-reactive ketones (excluding diaryl/α,β-unsaturated/α-hetero) is 2. The minimum Gasteiger partial charge on any atom is -0.299 e. The number of ketones is 2. The quantitative estimate of drug-likeness (QED) is 0.536. The summed E-state index contributed by atoms with van der Waals surface area (Å²) in [6.45, 7) is 0. The summed E-state index contributed by atoms with van der Waals surface area (Å²) in [4.78, 5) is 23.8. The van der Waals surface area contributed by atoms with Gasteiger partial charge in [-0.1, -0.05) is 0 Å². The van der Waals surface area contributed by atoms with Gasteiger partial charge in [0.2, 0.25) is 0 Å². The molecule has 5 rings (SSSR count). The van der Waals surface area contributed by atoms with Crippen molar-refractivity contribution >= 4 is 11.6 Å². The minimum atomic E-state index is 0.211. The van der Waals surface area contributed by atoms with E-state index in [1.54, 1.807) is 0 Å². The summed E-state index contributed by atoms with van der Waals surface area (Å²) >= 11 is 0. The van der Waals surface area contributed by atoms with Gasteiger partial charge in [0.15, 0.2) is 0 Å². The molecule has 0 heterocycles. The summed E-state index contributed by atoms with van der Waals surface area (Å²) in [5.74, 6) is 4.49. The van der Waals surface area contributed by atoms with E-state index in [9.17, 15) is 9.59 Å². The van der Waals surface area contributed by atoms with Gasteiger partial charge in [-0.2, -0.15) is 0 Å². The molecule has 5 aliphatic rings. The lowest BCUT2D eigenvalue weighted by Gasteiger charge is -2.42. The van der Waals surface area contributed by atoms with Crippen molar-refractivity contribution in [1.29, 1.82) is 0 Å². The lowest BCUT2D eigenvalue weighted by molar-refractivity contribution is -0.145. The first-order valence-corrected chi connectivity index (χ1v) is 5.38. The van der Waals surface area contributed by atoms with Crippen LogP contribution in [-0.4, -0.2) is 11.6 Å². The van der Waals surface area contributed by atoms with Gasteiger partial charge in [0, 0.05) is 23.7 Å². The fourth-order valence-corrected chi connectivity index (χ4v) is 5.80. The molecule has 0 amide bonds. The van der Waals surface area contributed by atoms with E-state index in [1.807, 2.05) is 0 Å². The van der Waals surface area contributed by atoms with Gasteiger partial charge >= 0.3 is 0 Å². The van der Waals surface area contributed by atoms with Crippen molar-refractivity contribution in [3.63, 3.8) is 0 Å². The lowest BCUT2D eigenvalue weighted by Crippen LogP contribution is -2.47. The smallest absolute Gasteiger partial charge is 0.141 e. The Balaban J connectivity index is 1.92. The first-order chi connectivity index (χ1) is 6.30. The minimum absolute atomic E-state index is 0.211. The van der Waals surface area contributed by atoms with Crippen LogP contribution in [0.2, 0.25) is 0 Å². The van der Waals surface area contributed by atoms with Gasteiger partial charge in [0.25, 0.3) is 0 Å². The number of fused-ring (bicyclic) bond motifs is 2. The molecule has 0 aromatic rings. The van der Waals surface area contributed by atoms with E-state index in [-0.39, 0.29) is 23.7 Å². The predicted molar refractivity (Wildman–Crippen MR) is 42.6 cm³/mol.